The lowest BCUT2D eigenvalue weighted by Gasteiger charge is -2.34. The molecule has 0 aromatic heterocycles. The summed E-state index contributed by atoms with van der Waals surface area (Å²) in [6.07, 6.45) is 5.75. The summed E-state index contributed by atoms with van der Waals surface area (Å²) < 4.78 is 0. The zero-order valence-electron chi connectivity index (χ0n) is 6.63. The lowest BCUT2D eigenvalue weighted by Crippen LogP contribution is -2.50. The number of nitrogens with zero attached hydrogens (tertiary/aromatic N) is 2. The molecular weight excluding hydrogens is 126 g/mol. The maximum absolute atomic E-state index is 3.95. The number of hydrazone groups is 1. The molecule has 1 aliphatic heterocycles. The Bertz CT molecular complexity index is 172. The molecule has 3 heteroatoms. The average molecular weight is 139 g/mol. The molecule has 56 valence electrons. The van der Waals surface area contributed by atoms with Crippen LogP contribution in [0.3, 0.4) is 0 Å². The fourth-order valence-electron chi connectivity index (χ4n) is 0.728. The molecule has 0 aromatic rings. The van der Waals surface area contributed by atoms with E-state index in [1.807, 2.05) is 20.2 Å². The van der Waals surface area contributed by atoms with E-state index in [0.29, 0.717) is 0 Å². The van der Waals surface area contributed by atoms with Crippen molar-refractivity contribution >= 4 is 6.21 Å². The Morgan fingerprint density at radius 3 is 2.50 bits per heavy atom. The molecule has 3 nitrogen and oxygen atoms in total. The highest BCUT2D eigenvalue weighted by molar-refractivity contribution is 5.72. The quantitative estimate of drug-likeness (QED) is 0.569. The van der Waals surface area contributed by atoms with E-state index in [2.05, 4.69) is 28.4 Å². The minimum absolute atomic E-state index is 0.116. The Labute approximate surface area is 61.4 Å². The molecule has 0 fully saturated rings. The minimum atomic E-state index is -0.116. The van der Waals surface area contributed by atoms with E-state index in [9.17, 15) is 0 Å². The lowest BCUT2D eigenvalue weighted by atomic mass is 10.1. The maximum atomic E-state index is 3.95. The lowest BCUT2D eigenvalue weighted by molar-refractivity contribution is 0.184. The third-order valence-corrected chi connectivity index (χ3v) is 1.80. The van der Waals surface area contributed by atoms with E-state index >= 15 is 0 Å². The summed E-state index contributed by atoms with van der Waals surface area (Å²) in [6.45, 7) is 2.07. The normalized spacial score (nSPS) is 30.8. The number of hydrogen-bond acceptors (Lipinski definition) is 3. The fourth-order valence-corrected chi connectivity index (χ4v) is 0.728. The zero-order valence-corrected chi connectivity index (χ0v) is 6.63. The second kappa shape index (κ2) is 2.42. The van der Waals surface area contributed by atoms with Crippen molar-refractivity contribution in [2.45, 2.75) is 12.6 Å². The summed E-state index contributed by atoms with van der Waals surface area (Å²) in [5.41, 5.74) is 2.89. The van der Waals surface area contributed by atoms with Gasteiger partial charge in [0.2, 0.25) is 0 Å². The highest BCUT2D eigenvalue weighted by Gasteiger charge is 2.22. The highest BCUT2D eigenvalue weighted by atomic mass is 15.4. The van der Waals surface area contributed by atoms with Crippen molar-refractivity contribution in [2.24, 2.45) is 5.10 Å². The Balaban J connectivity index is 2.70. The van der Waals surface area contributed by atoms with Gasteiger partial charge in [0.25, 0.3) is 0 Å². The van der Waals surface area contributed by atoms with Crippen LogP contribution in [0.2, 0.25) is 0 Å². The van der Waals surface area contributed by atoms with E-state index in [4.69, 9.17) is 0 Å². The van der Waals surface area contributed by atoms with Crippen LogP contribution in [0.5, 0.6) is 0 Å². The van der Waals surface area contributed by atoms with E-state index in [-0.39, 0.29) is 5.66 Å². The zero-order chi connectivity index (χ0) is 7.61. The third kappa shape index (κ3) is 1.19. The minimum Gasteiger partial charge on any atom is -0.286 e. The average Bonchev–Trinajstić information content (AvgIpc) is 1.89. The first kappa shape index (κ1) is 7.28. The summed E-state index contributed by atoms with van der Waals surface area (Å²) in [5.74, 6) is 0. The van der Waals surface area contributed by atoms with E-state index in [1.165, 1.54) is 0 Å². The van der Waals surface area contributed by atoms with Crippen molar-refractivity contribution in [3.63, 3.8) is 0 Å². The summed E-state index contributed by atoms with van der Waals surface area (Å²) >= 11 is 0. The molecule has 10 heavy (non-hydrogen) atoms. The van der Waals surface area contributed by atoms with Crippen LogP contribution in [0.1, 0.15) is 6.92 Å². The summed E-state index contributed by atoms with van der Waals surface area (Å²) in [6, 6.07) is 0. The van der Waals surface area contributed by atoms with Crippen LogP contribution in [0, 0.1) is 0 Å². The Hall–Kier alpha value is -0.830. The molecule has 0 amide bonds. The van der Waals surface area contributed by atoms with Gasteiger partial charge in [-0.25, -0.2) is 0 Å². The molecule has 0 radical (unpaired) electrons. The van der Waals surface area contributed by atoms with E-state index in [1.54, 1.807) is 6.21 Å². The van der Waals surface area contributed by atoms with Crippen molar-refractivity contribution in [3.05, 3.63) is 12.2 Å². The van der Waals surface area contributed by atoms with Gasteiger partial charge in [-0.05, 0) is 33.2 Å². The van der Waals surface area contributed by atoms with Crippen LogP contribution in [0.25, 0.3) is 0 Å². The van der Waals surface area contributed by atoms with Crippen molar-refractivity contribution in [1.82, 2.24) is 10.3 Å². The monoisotopic (exact) mass is 139 g/mol. The molecule has 0 bridgehead atoms. The fraction of sp³-hybridized carbons (Fsp3) is 0.571. The molecule has 1 aliphatic rings. The van der Waals surface area contributed by atoms with Gasteiger partial charge in [0.05, 0.1) is 0 Å². The van der Waals surface area contributed by atoms with Crippen LogP contribution in [0.4, 0.5) is 0 Å². The van der Waals surface area contributed by atoms with Crippen molar-refractivity contribution in [3.8, 4) is 0 Å². The van der Waals surface area contributed by atoms with Gasteiger partial charge >= 0.3 is 0 Å². The third-order valence-electron chi connectivity index (χ3n) is 1.80. The molecule has 1 atom stereocenters. The van der Waals surface area contributed by atoms with E-state index in [0.717, 1.165) is 0 Å². The number of allylic oxidation sites excluding steroid dienone is 1. The van der Waals surface area contributed by atoms with Crippen molar-refractivity contribution in [1.29, 1.82) is 0 Å². The van der Waals surface area contributed by atoms with Gasteiger partial charge in [0, 0.05) is 6.21 Å². The van der Waals surface area contributed by atoms with Gasteiger partial charge in [-0.2, -0.15) is 5.10 Å². The Kier molecular flexibility index (Phi) is 1.76. The Morgan fingerprint density at radius 1 is 1.50 bits per heavy atom. The molecule has 1 rings (SSSR count). The van der Waals surface area contributed by atoms with Crippen molar-refractivity contribution in [2.75, 3.05) is 14.1 Å². The highest BCUT2D eigenvalue weighted by Crippen LogP contribution is 2.10. The van der Waals surface area contributed by atoms with Gasteiger partial charge < -0.3 is 0 Å². The van der Waals surface area contributed by atoms with Crippen LogP contribution < -0.4 is 5.43 Å². The van der Waals surface area contributed by atoms with Gasteiger partial charge in [-0.3, -0.25) is 10.3 Å². The number of hydrogen-bond donors (Lipinski definition) is 1. The van der Waals surface area contributed by atoms with Gasteiger partial charge in [-0.15, -0.1) is 0 Å². The number of likely N-dealkylation sites (N-methyl/N-ethyl adjacent to an activating group) is 1. The van der Waals surface area contributed by atoms with Crippen LogP contribution >= 0.6 is 0 Å². The standard InChI is InChI=1S/C7H13N3/c1-7(10(2)3)5-4-6-8-9-7/h4-6,9H,1-3H3. The number of rotatable bonds is 1. The van der Waals surface area contributed by atoms with Gasteiger partial charge in [-0.1, -0.05) is 0 Å². The molecule has 0 spiro atoms. The molecule has 1 unspecified atom stereocenters. The largest absolute Gasteiger partial charge is 0.286 e. The van der Waals surface area contributed by atoms with Gasteiger partial charge in [0.1, 0.15) is 5.66 Å². The maximum Gasteiger partial charge on any atom is 0.123 e. The first-order valence-electron chi connectivity index (χ1n) is 3.31. The molecule has 1 heterocycles. The predicted molar refractivity (Wildman–Crippen MR) is 42.9 cm³/mol. The van der Waals surface area contributed by atoms with Crippen molar-refractivity contribution < 1.29 is 0 Å². The first-order valence-corrected chi connectivity index (χ1v) is 3.31. The first-order chi connectivity index (χ1) is 4.65. The van der Waals surface area contributed by atoms with E-state index < -0.39 is 0 Å². The SMILES string of the molecule is CN(C)C1(C)C=CC=NN1. The predicted octanol–water partition coefficient (Wildman–Crippen LogP) is 0.409. The molecule has 0 saturated heterocycles. The summed E-state index contributed by atoms with van der Waals surface area (Å²) in [5, 5.41) is 3.95. The molecule has 0 aromatic carbocycles. The smallest absolute Gasteiger partial charge is 0.123 e. The van der Waals surface area contributed by atoms with Crippen LogP contribution in [-0.4, -0.2) is 30.9 Å². The number of nitrogens with one attached hydrogen (secondary N) is 1. The molecular formula is C7H13N3. The summed E-state index contributed by atoms with van der Waals surface area (Å²) in [7, 11) is 4.02. The second-order valence-corrected chi connectivity index (χ2v) is 2.79. The topological polar surface area (TPSA) is 27.6 Å². The molecule has 1 N–H and O–H groups in total. The van der Waals surface area contributed by atoms with Crippen LogP contribution in [0.15, 0.2) is 17.3 Å². The Morgan fingerprint density at radius 2 is 2.20 bits per heavy atom. The molecule has 0 aliphatic carbocycles. The molecule has 0 saturated carbocycles. The van der Waals surface area contributed by atoms with Gasteiger partial charge in [0.15, 0.2) is 0 Å². The summed E-state index contributed by atoms with van der Waals surface area (Å²) in [4.78, 5) is 2.07. The second-order valence-electron chi connectivity index (χ2n) is 2.79. The van der Waals surface area contributed by atoms with Crippen LogP contribution in [-0.2, 0) is 0 Å².